The van der Waals surface area contributed by atoms with E-state index in [1.807, 2.05) is 33.8 Å². The van der Waals surface area contributed by atoms with Gasteiger partial charge in [-0.1, -0.05) is 22.9 Å². The van der Waals surface area contributed by atoms with Crippen LogP contribution in [-0.4, -0.2) is 74.6 Å². The van der Waals surface area contributed by atoms with Crippen LogP contribution in [0.15, 0.2) is 42.7 Å². The maximum atomic E-state index is 13.2. The van der Waals surface area contributed by atoms with Crippen LogP contribution in [0.1, 0.15) is 28.5 Å². The molecule has 0 spiro atoms. The summed E-state index contributed by atoms with van der Waals surface area (Å²) >= 11 is 8.28. The number of carbonyl (C=O) groups is 2. The Balaban J connectivity index is 1.44. The van der Waals surface area contributed by atoms with Gasteiger partial charge in [0.05, 0.1) is 32.7 Å². The Labute approximate surface area is 229 Å². The van der Waals surface area contributed by atoms with E-state index < -0.39 is 0 Å². The summed E-state index contributed by atoms with van der Waals surface area (Å²) in [5, 5.41) is 8.83. The zero-order valence-corrected chi connectivity index (χ0v) is 22.6. The van der Waals surface area contributed by atoms with E-state index in [4.69, 9.17) is 16.7 Å². The molecule has 11 heteroatoms. The molecule has 1 N–H and O–H groups in total. The first-order valence-electron chi connectivity index (χ1n) is 12.5. The van der Waals surface area contributed by atoms with Gasteiger partial charge in [-0.05, 0) is 50.2 Å². The van der Waals surface area contributed by atoms with Gasteiger partial charge in [-0.2, -0.15) is 5.10 Å². The van der Waals surface area contributed by atoms with Gasteiger partial charge in [0.1, 0.15) is 0 Å². The van der Waals surface area contributed by atoms with Crippen LogP contribution in [0.3, 0.4) is 0 Å². The van der Waals surface area contributed by atoms with Crippen molar-refractivity contribution < 1.29 is 9.59 Å². The standard InChI is InChI=1S/C27H26ClN7O2S/c1-16(36)30-27-31-21-7-6-19-23(18-4-3-9-29-15-18)32-35(24(19)25(21)38-27)22-8-5-17(14-20(22)28)26(37)34-12-10-33(2)11-13-34/h3-5,8-9,14-15H,6-7,10-13H2,1-2H3,(H,30,31,36). The van der Waals surface area contributed by atoms with Crippen molar-refractivity contribution in [1.29, 1.82) is 0 Å². The third-order valence-corrected chi connectivity index (χ3v) is 8.26. The number of piperazine rings is 1. The summed E-state index contributed by atoms with van der Waals surface area (Å²) in [5.74, 6) is -0.181. The Morgan fingerprint density at radius 2 is 1.92 bits per heavy atom. The van der Waals surface area contributed by atoms with Crippen molar-refractivity contribution in [3.63, 3.8) is 0 Å². The van der Waals surface area contributed by atoms with Crippen LogP contribution in [0.4, 0.5) is 5.13 Å². The highest BCUT2D eigenvalue weighted by Crippen LogP contribution is 2.44. The van der Waals surface area contributed by atoms with E-state index >= 15 is 0 Å². The predicted octanol–water partition coefficient (Wildman–Crippen LogP) is 4.16. The molecule has 1 aliphatic carbocycles. The van der Waals surface area contributed by atoms with Gasteiger partial charge in [0.2, 0.25) is 5.91 Å². The molecule has 0 unspecified atom stereocenters. The van der Waals surface area contributed by atoms with Crippen LogP contribution < -0.4 is 5.32 Å². The van der Waals surface area contributed by atoms with Gasteiger partial charge in [-0.15, -0.1) is 0 Å². The summed E-state index contributed by atoms with van der Waals surface area (Å²) in [4.78, 5) is 38.8. The molecule has 38 heavy (non-hydrogen) atoms. The topological polar surface area (TPSA) is 96.2 Å². The molecule has 6 rings (SSSR count). The van der Waals surface area contributed by atoms with E-state index in [-0.39, 0.29) is 11.8 Å². The number of anilines is 1. The number of aryl methyl sites for hydroxylation is 1. The van der Waals surface area contributed by atoms with Crippen molar-refractivity contribution in [3.8, 4) is 27.5 Å². The average molecular weight is 548 g/mol. The van der Waals surface area contributed by atoms with E-state index in [0.29, 0.717) is 34.5 Å². The third kappa shape index (κ3) is 4.48. The molecule has 1 fully saturated rings. The van der Waals surface area contributed by atoms with Gasteiger partial charge in [0.25, 0.3) is 5.91 Å². The second-order valence-corrected chi connectivity index (χ2v) is 11.0. The zero-order chi connectivity index (χ0) is 26.4. The number of pyridine rings is 1. The van der Waals surface area contributed by atoms with Crippen LogP contribution >= 0.6 is 22.9 Å². The first kappa shape index (κ1) is 24.7. The van der Waals surface area contributed by atoms with Gasteiger partial charge in [0, 0.05) is 62.2 Å². The fourth-order valence-electron chi connectivity index (χ4n) is 4.99. The number of nitrogens with zero attached hydrogens (tertiary/aromatic N) is 6. The normalized spacial score (nSPS) is 15.2. The van der Waals surface area contributed by atoms with Crippen molar-refractivity contribution in [1.82, 2.24) is 29.5 Å². The minimum atomic E-state index is -0.162. The number of halogens is 1. The van der Waals surface area contributed by atoms with E-state index in [0.717, 1.165) is 59.0 Å². The van der Waals surface area contributed by atoms with Crippen molar-refractivity contribution >= 4 is 39.9 Å². The predicted molar refractivity (Wildman–Crippen MR) is 148 cm³/mol. The number of rotatable bonds is 4. The maximum absolute atomic E-state index is 13.2. The first-order chi connectivity index (χ1) is 18.4. The molecule has 1 aromatic carbocycles. The molecule has 3 aromatic heterocycles. The SMILES string of the molecule is CC(=O)Nc1nc2c(s1)-c1c(c(-c3cccnc3)nn1-c1ccc(C(=O)N3CCN(C)CC3)cc1Cl)CC2. The summed E-state index contributed by atoms with van der Waals surface area (Å²) in [6.45, 7) is 4.57. The molecule has 9 nitrogen and oxygen atoms in total. The smallest absolute Gasteiger partial charge is 0.253 e. The number of nitrogens with one attached hydrogen (secondary N) is 1. The number of hydrogen-bond acceptors (Lipinski definition) is 7. The van der Waals surface area contributed by atoms with Crippen molar-refractivity contribution in [2.75, 3.05) is 38.5 Å². The number of hydrogen-bond donors (Lipinski definition) is 1. The molecule has 0 saturated carbocycles. The molecular formula is C27H26ClN7O2S. The third-order valence-electron chi connectivity index (χ3n) is 6.94. The van der Waals surface area contributed by atoms with Crippen LogP contribution in [0.2, 0.25) is 5.02 Å². The van der Waals surface area contributed by atoms with Gasteiger partial charge < -0.3 is 15.1 Å². The number of amides is 2. The molecule has 2 aliphatic rings. The molecule has 0 bridgehead atoms. The summed E-state index contributed by atoms with van der Waals surface area (Å²) < 4.78 is 1.85. The molecule has 0 radical (unpaired) electrons. The molecule has 1 aliphatic heterocycles. The summed E-state index contributed by atoms with van der Waals surface area (Å²) in [7, 11) is 2.06. The summed E-state index contributed by atoms with van der Waals surface area (Å²) in [6.07, 6.45) is 5.02. The van der Waals surface area contributed by atoms with E-state index in [2.05, 4.69) is 27.2 Å². The number of likely N-dealkylation sites (N-methyl/N-ethyl adjacent to an activating group) is 1. The maximum Gasteiger partial charge on any atom is 0.253 e. The Bertz CT molecular complexity index is 1540. The number of benzene rings is 1. The Kier molecular flexibility index (Phi) is 6.46. The lowest BCUT2D eigenvalue weighted by atomic mass is 9.95. The van der Waals surface area contributed by atoms with Crippen LogP contribution in [-0.2, 0) is 17.6 Å². The number of carbonyl (C=O) groups excluding carboxylic acids is 2. The van der Waals surface area contributed by atoms with Crippen LogP contribution in [0, 0.1) is 0 Å². The monoisotopic (exact) mass is 547 g/mol. The van der Waals surface area contributed by atoms with E-state index in [1.165, 1.54) is 18.3 Å². The highest BCUT2D eigenvalue weighted by molar-refractivity contribution is 7.19. The summed E-state index contributed by atoms with van der Waals surface area (Å²) in [6, 6.07) is 9.29. The Morgan fingerprint density at radius 3 is 2.63 bits per heavy atom. The Morgan fingerprint density at radius 1 is 1.11 bits per heavy atom. The largest absolute Gasteiger partial charge is 0.336 e. The quantitative estimate of drug-likeness (QED) is 0.412. The van der Waals surface area contributed by atoms with E-state index in [1.54, 1.807) is 18.5 Å². The fourth-order valence-corrected chi connectivity index (χ4v) is 6.36. The van der Waals surface area contributed by atoms with Crippen LogP contribution in [0.25, 0.3) is 27.5 Å². The van der Waals surface area contributed by atoms with Gasteiger partial charge >= 0.3 is 0 Å². The fraction of sp³-hybridized carbons (Fsp3) is 0.296. The molecule has 4 aromatic rings. The van der Waals surface area contributed by atoms with Crippen molar-refractivity contribution in [3.05, 3.63) is 64.6 Å². The Hall–Kier alpha value is -3.60. The van der Waals surface area contributed by atoms with Gasteiger partial charge in [-0.3, -0.25) is 14.6 Å². The molecule has 2 amide bonds. The van der Waals surface area contributed by atoms with E-state index in [9.17, 15) is 9.59 Å². The highest BCUT2D eigenvalue weighted by atomic mass is 35.5. The lowest BCUT2D eigenvalue weighted by molar-refractivity contribution is -0.114. The lowest BCUT2D eigenvalue weighted by Gasteiger charge is -2.32. The average Bonchev–Trinajstić information content (AvgIpc) is 3.50. The first-order valence-corrected chi connectivity index (χ1v) is 13.7. The van der Waals surface area contributed by atoms with Gasteiger partial charge in [0.15, 0.2) is 5.13 Å². The number of aromatic nitrogens is 4. The number of fused-ring (bicyclic) bond motifs is 3. The highest BCUT2D eigenvalue weighted by Gasteiger charge is 2.31. The molecule has 4 heterocycles. The summed E-state index contributed by atoms with van der Waals surface area (Å²) in [5.41, 5.74) is 5.88. The van der Waals surface area contributed by atoms with Crippen LogP contribution in [0.5, 0.6) is 0 Å². The number of thiazole rings is 1. The molecular weight excluding hydrogens is 522 g/mol. The minimum absolute atomic E-state index is 0.0187. The minimum Gasteiger partial charge on any atom is -0.336 e. The molecule has 194 valence electrons. The molecule has 0 atom stereocenters. The zero-order valence-electron chi connectivity index (χ0n) is 21.1. The van der Waals surface area contributed by atoms with Crippen molar-refractivity contribution in [2.24, 2.45) is 0 Å². The van der Waals surface area contributed by atoms with Gasteiger partial charge in [-0.25, -0.2) is 9.67 Å². The lowest BCUT2D eigenvalue weighted by Crippen LogP contribution is -2.47. The van der Waals surface area contributed by atoms with Crippen molar-refractivity contribution in [2.45, 2.75) is 19.8 Å². The molecule has 1 saturated heterocycles. The second kappa shape index (κ2) is 9.94. The second-order valence-electron chi connectivity index (χ2n) is 9.57.